The Labute approximate surface area is 179 Å². The number of nitrogens with one attached hydrogen (secondary N) is 1. The number of methoxy groups -OCH3 is 1. The predicted molar refractivity (Wildman–Crippen MR) is 113 cm³/mol. The van der Waals surface area contributed by atoms with Crippen LogP contribution in [-0.2, 0) is 19.1 Å². The minimum Gasteiger partial charge on any atom is -0.467 e. The van der Waals surface area contributed by atoms with E-state index in [-0.39, 0.29) is 31.1 Å². The summed E-state index contributed by atoms with van der Waals surface area (Å²) < 4.78 is 10.1. The quantitative estimate of drug-likeness (QED) is 0.304. The summed E-state index contributed by atoms with van der Waals surface area (Å²) in [5.74, 6) is -1.25. The van der Waals surface area contributed by atoms with E-state index in [2.05, 4.69) is 10.1 Å². The summed E-state index contributed by atoms with van der Waals surface area (Å²) in [5, 5.41) is 2.46. The van der Waals surface area contributed by atoms with Crippen molar-refractivity contribution in [3.63, 3.8) is 0 Å². The van der Waals surface area contributed by atoms with E-state index < -0.39 is 23.9 Å². The number of nitrogens with zero attached hydrogens (tertiary/aromatic N) is 2. The Morgan fingerprint density at radius 1 is 1.06 bits per heavy atom. The molecule has 8 heteroatoms. The number of ether oxygens (including phenoxy) is 2. The Balaban J connectivity index is 1.65. The maximum absolute atomic E-state index is 12.4. The molecule has 0 radical (unpaired) electrons. The molecule has 0 heterocycles. The van der Waals surface area contributed by atoms with Gasteiger partial charge in [-0.25, -0.2) is 9.59 Å². The van der Waals surface area contributed by atoms with Crippen LogP contribution in [0.5, 0.6) is 0 Å². The van der Waals surface area contributed by atoms with Crippen molar-refractivity contribution in [2.75, 3.05) is 13.7 Å². The lowest BCUT2D eigenvalue weighted by Crippen LogP contribution is -2.42. The Bertz CT molecular complexity index is 1010. The van der Waals surface area contributed by atoms with Crippen molar-refractivity contribution >= 4 is 23.6 Å². The fraction of sp³-hybridized carbons (Fsp3) is 0.304. The molecule has 0 spiro atoms. The third-order valence-electron chi connectivity index (χ3n) is 5.34. The Kier molecular flexibility index (Phi) is 6.95. The molecule has 0 bridgehead atoms. The molecule has 0 fully saturated rings. The SMILES string of the molecule is COC(=O)[C@H](CCC(=O)C(C)=[N+]=[N-])NC(=O)OCC1c2ccccc2-c2ccccc21. The van der Waals surface area contributed by atoms with Crippen molar-refractivity contribution in [2.24, 2.45) is 0 Å². The molecule has 31 heavy (non-hydrogen) atoms. The fourth-order valence-corrected chi connectivity index (χ4v) is 3.69. The van der Waals surface area contributed by atoms with Gasteiger partial charge in [-0.2, -0.15) is 4.79 Å². The Hall–Kier alpha value is -3.77. The van der Waals surface area contributed by atoms with E-state index in [0.717, 1.165) is 22.3 Å². The first-order valence-electron chi connectivity index (χ1n) is 9.87. The molecule has 1 aliphatic rings. The molecule has 0 saturated heterocycles. The smallest absolute Gasteiger partial charge is 0.407 e. The van der Waals surface area contributed by atoms with Gasteiger partial charge in [0, 0.05) is 19.3 Å². The summed E-state index contributed by atoms with van der Waals surface area (Å²) >= 11 is 0. The lowest BCUT2D eigenvalue weighted by Gasteiger charge is -2.18. The molecule has 3 rings (SSSR count). The number of esters is 1. The maximum atomic E-state index is 12.4. The molecule has 0 saturated carbocycles. The van der Waals surface area contributed by atoms with Crippen molar-refractivity contribution in [3.8, 4) is 11.1 Å². The summed E-state index contributed by atoms with van der Waals surface area (Å²) in [4.78, 5) is 39.1. The second-order valence-electron chi connectivity index (χ2n) is 7.19. The zero-order chi connectivity index (χ0) is 22.4. The number of benzene rings is 2. The van der Waals surface area contributed by atoms with E-state index in [1.165, 1.54) is 14.0 Å². The van der Waals surface area contributed by atoms with E-state index in [1.807, 2.05) is 48.5 Å². The molecular formula is C23H23N3O5. The van der Waals surface area contributed by atoms with Crippen LogP contribution in [0, 0.1) is 0 Å². The molecule has 1 amide bonds. The van der Waals surface area contributed by atoms with Crippen molar-refractivity contribution in [1.82, 2.24) is 5.32 Å². The lowest BCUT2D eigenvalue weighted by molar-refractivity contribution is -0.143. The summed E-state index contributed by atoms with van der Waals surface area (Å²) in [6, 6.07) is 14.9. The van der Waals surface area contributed by atoms with Crippen LogP contribution >= 0.6 is 0 Å². The van der Waals surface area contributed by atoms with E-state index in [0.29, 0.717) is 0 Å². The summed E-state index contributed by atoms with van der Waals surface area (Å²) in [5.41, 5.74) is 13.0. The highest BCUT2D eigenvalue weighted by molar-refractivity contribution is 6.36. The normalized spacial score (nSPS) is 12.7. The molecule has 160 valence electrons. The van der Waals surface area contributed by atoms with Crippen LogP contribution in [-0.4, -0.2) is 48.1 Å². The molecule has 1 atom stereocenters. The van der Waals surface area contributed by atoms with E-state index in [9.17, 15) is 14.4 Å². The largest absolute Gasteiger partial charge is 0.467 e. The van der Waals surface area contributed by atoms with Crippen LogP contribution in [0.1, 0.15) is 36.8 Å². The first kappa shape index (κ1) is 21.9. The number of fused-ring (bicyclic) bond motifs is 3. The van der Waals surface area contributed by atoms with Gasteiger partial charge >= 0.3 is 17.8 Å². The standard InChI is InChI=1S/C23H23N3O5/c1-14(26-24)21(27)12-11-20(22(28)30-2)25-23(29)31-13-19-17-9-5-3-7-15(17)16-8-4-6-10-18(16)19/h3-10,19-20H,11-13H2,1-2H3,(H,25,29)/t20-/m0/s1. The molecule has 0 aromatic heterocycles. The molecular weight excluding hydrogens is 398 g/mol. The van der Waals surface area contributed by atoms with Gasteiger partial charge in [-0.1, -0.05) is 48.5 Å². The van der Waals surface area contributed by atoms with Gasteiger partial charge in [-0.15, -0.1) is 0 Å². The van der Waals surface area contributed by atoms with Gasteiger partial charge in [-0.3, -0.25) is 4.79 Å². The number of Topliss-reactive ketones (excluding diaryl/α,β-unsaturated/α-hetero) is 1. The third kappa shape index (κ3) is 4.87. The van der Waals surface area contributed by atoms with Gasteiger partial charge < -0.3 is 20.3 Å². The molecule has 2 aromatic carbocycles. The third-order valence-corrected chi connectivity index (χ3v) is 5.34. The van der Waals surface area contributed by atoms with E-state index in [4.69, 9.17) is 15.0 Å². The average Bonchev–Trinajstić information content (AvgIpc) is 3.12. The van der Waals surface area contributed by atoms with Crippen molar-refractivity contribution in [3.05, 3.63) is 65.2 Å². The van der Waals surface area contributed by atoms with Crippen molar-refractivity contribution < 1.29 is 28.6 Å². The monoisotopic (exact) mass is 421 g/mol. The van der Waals surface area contributed by atoms with Gasteiger partial charge in [0.2, 0.25) is 5.78 Å². The second kappa shape index (κ2) is 9.82. The van der Waals surface area contributed by atoms with E-state index in [1.54, 1.807) is 0 Å². The first-order chi connectivity index (χ1) is 15.0. The summed E-state index contributed by atoms with van der Waals surface area (Å²) in [6.07, 6.45) is -0.890. The molecule has 8 nitrogen and oxygen atoms in total. The van der Waals surface area contributed by atoms with Crippen LogP contribution in [0.25, 0.3) is 16.7 Å². The average molecular weight is 421 g/mol. The highest BCUT2D eigenvalue weighted by atomic mass is 16.6. The number of amides is 1. The first-order valence-corrected chi connectivity index (χ1v) is 9.87. The number of carbonyl (C=O) groups is 3. The molecule has 2 aromatic rings. The van der Waals surface area contributed by atoms with Crippen molar-refractivity contribution in [2.45, 2.75) is 31.7 Å². The zero-order valence-corrected chi connectivity index (χ0v) is 17.3. The molecule has 0 aliphatic heterocycles. The topological polar surface area (TPSA) is 118 Å². The van der Waals surface area contributed by atoms with Gasteiger partial charge in [0.1, 0.15) is 12.6 Å². The second-order valence-corrected chi connectivity index (χ2v) is 7.19. The lowest BCUT2D eigenvalue weighted by atomic mass is 9.98. The van der Waals surface area contributed by atoms with Crippen molar-refractivity contribution in [1.29, 1.82) is 0 Å². The van der Waals surface area contributed by atoms with Crippen LogP contribution in [0.15, 0.2) is 48.5 Å². The fourth-order valence-electron chi connectivity index (χ4n) is 3.69. The molecule has 1 aliphatic carbocycles. The highest BCUT2D eigenvalue weighted by Gasteiger charge is 2.30. The highest BCUT2D eigenvalue weighted by Crippen LogP contribution is 2.44. The Morgan fingerprint density at radius 2 is 1.65 bits per heavy atom. The number of rotatable bonds is 8. The van der Waals surface area contributed by atoms with Gasteiger partial charge in [0.05, 0.1) is 7.11 Å². The van der Waals surface area contributed by atoms with Crippen LogP contribution in [0.2, 0.25) is 0 Å². The number of hydrogen-bond acceptors (Lipinski definition) is 5. The Morgan fingerprint density at radius 3 is 2.19 bits per heavy atom. The zero-order valence-electron chi connectivity index (χ0n) is 17.3. The molecule has 1 N–H and O–H groups in total. The van der Waals surface area contributed by atoms with Crippen LogP contribution < -0.4 is 5.32 Å². The summed E-state index contributed by atoms with van der Waals surface area (Å²) in [6.45, 7) is 1.46. The van der Waals surface area contributed by atoms with Gasteiger partial charge in [0.25, 0.3) is 0 Å². The minimum atomic E-state index is -1.06. The predicted octanol–water partition coefficient (Wildman–Crippen LogP) is 3.11. The van der Waals surface area contributed by atoms with Crippen LogP contribution in [0.3, 0.4) is 0 Å². The van der Waals surface area contributed by atoms with E-state index >= 15 is 0 Å². The number of hydrogen-bond donors (Lipinski definition) is 1. The molecule has 0 unspecified atom stereocenters. The summed E-state index contributed by atoms with van der Waals surface area (Å²) in [7, 11) is 1.19. The number of alkyl carbamates (subject to hydrolysis) is 1. The van der Waals surface area contributed by atoms with Gasteiger partial charge in [0.15, 0.2) is 0 Å². The van der Waals surface area contributed by atoms with Crippen LogP contribution in [0.4, 0.5) is 4.79 Å². The number of carbonyl (C=O) groups excluding carboxylic acids is 3. The maximum Gasteiger partial charge on any atom is 0.407 e. The van der Waals surface area contributed by atoms with Gasteiger partial charge in [-0.05, 0) is 28.7 Å². The number of ketones is 1. The minimum absolute atomic E-state index is 0.0113.